The quantitative estimate of drug-likeness (QED) is 0.0565. The Morgan fingerprint density at radius 1 is 0.672 bits per heavy atom. The number of para-hydroxylation sites is 3. The summed E-state index contributed by atoms with van der Waals surface area (Å²) in [6.45, 7) is 11.8. The lowest BCUT2D eigenvalue weighted by atomic mass is 9.77. The van der Waals surface area contributed by atoms with E-state index in [1.54, 1.807) is 0 Å². The second-order valence-electron chi connectivity index (χ2n) is 16.6. The highest BCUT2D eigenvalue weighted by atomic mass is 79.9. The molecule has 4 aromatic rings. The Labute approximate surface area is 361 Å². The summed E-state index contributed by atoms with van der Waals surface area (Å²) in [5.74, 6) is 1.42. The highest BCUT2D eigenvalue weighted by Crippen LogP contribution is 2.49. The van der Waals surface area contributed by atoms with Crippen molar-refractivity contribution in [2.24, 2.45) is 0 Å². The SMILES string of the molecule is CC1(C)C(/C=C2/C(=O)C(/C=C3/N(CCCCCCOc4ccccc4)c4ccccc4C3(C)C)=C2[O-])=[N+](CCCCCCOc2cc(Br)cc(Br)c2)c2ccccc21. The largest absolute Gasteiger partial charge is 0.871 e. The Balaban J connectivity index is 1.04. The number of benzene rings is 4. The number of ether oxygens (including phenoxy) is 2. The fraction of sp³-hybridized carbons (Fsp3) is 0.360. The average molecular weight is 907 g/mol. The molecule has 0 unspecified atom stereocenters. The van der Waals surface area contributed by atoms with Crippen LogP contribution in [0.4, 0.5) is 11.4 Å². The Hall–Kier alpha value is -4.40. The van der Waals surface area contributed by atoms with Gasteiger partial charge in [0.05, 0.1) is 18.6 Å². The van der Waals surface area contributed by atoms with E-state index in [0.29, 0.717) is 13.2 Å². The van der Waals surface area contributed by atoms with Crippen LogP contribution in [0, 0.1) is 0 Å². The maximum absolute atomic E-state index is 14.0. The molecule has 0 saturated carbocycles. The van der Waals surface area contributed by atoms with Gasteiger partial charge in [-0.1, -0.05) is 119 Å². The Morgan fingerprint density at radius 3 is 1.98 bits per heavy atom. The third-order valence-electron chi connectivity index (χ3n) is 11.8. The second kappa shape index (κ2) is 18.3. The highest BCUT2D eigenvalue weighted by Gasteiger charge is 2.46. The fourth-order valence-electron chi connectivity index (χ4n) is 8.61. The monoisotopic (exact) mass is 904 g/mol. The van der Waals surface area contributed by atoms with Gasteiger partial charge in [0.1, 0.15) is 18.0 Å². The zero-order valence-electron chi connectivity index (χ0n) is 34.2. The van der Waals surface area contributed by atoms with Gasteiger partial charge in [0.2, 0.25) is 5.69 Å². The predicted molar refractivity (Wildman–Crippen MR) is 240 cm³/mol. The summed E-state index contributed by atoms with van der Waals surface area (Å²) in [7, 11) is 0. The van der Waals surface area contributed by atoms with Crippen molar-refractivity contribution >= 4 is 54.7 Å². The number of carbonyl (C=O) groups excluding carboxylic acids is 1. The molecule has 0 atom stereocenters. The van der Waals surface area contributed by atoms with Crippen LogP contribution in [0.25, 0.3) is 0 Å². The zero-order valence-corrected chi connectivity index (χ0v) is 37.3. The number of nitrogens with zero attached hydrogens (tertiary/aromatic N) is 2. The number of hydrogen-bond donors (Lipinski definition) is 0. The van der Waals surface area contributed by atoms with Gasteiger partial charge in [-0.2, -0.15) is 4.58 Å². The van der Waals surface area contributed by atoms with Gasteiger partial charge in [0, 0.05) is 67.6 Å². The lowest BCUT2D eigenvalue weighted by Crippen LogP contribution is -2.35. The van der Waals surface area contributed by atoms with Crippen LogP contribution in [0.2, 0.25) is 0 Å². The van der Waals surface area contributed by atoms with Crippen LogP contribution in [-0.4, -0.2) is 42.4 Å². The first kappa shape index (κ1) is 41.7. The van der Waals surface area contributed by atoms with E-state index < -0.39 is 0 Å². The van der Waals surface area contributed by atoms with Gasteiger partial charge in [0.15, 0.2) is 11.5 Å². The molecule has 6 nitrogen and oxygen atoms in total. The first-order chi connectivity index (χ1) is 28.0. The lowest BCUT2D eigenvalue weighted by Gasteiger charge is -2.33. The van der Waals surface area contributed by atoms with Gasteiger partial charge in [-0.3, -0.25) is 4.79 Å². The van der Waals surface area contributed by atoms with Crippen molar-refractivity contribution < 1.29 is 24.0 Å². The molecular weight excluding hydrogens is 852 g/mol. The summed E-state index contributed by atoms with van der Waals surface area (Å²) in [5.41, 5.74) is 6.60. The normalized spacial score (nSPS) is 17.9. The number of Topliss-reactive ketones (excluding diaryl/α,β-unsaturated/α-hetero) is 1. The van der Waals surface area contributed by atoms with Gasteiger partial charge >= 0.3 is 0 Å². The number of rotatable bonds is 18. The van der Waals surface area contributed by atoms with E-state index in [-0.39, 0.29) is 33.5 Å². The summed E-state index contributed by atoms with van der Waals surface area (Å²) >= 11 is 7.05. The van der Waals surface area contributed by atoms with Crippen LogP contribution < -0.4 is 19.5 Å². The van der Waals surface area contributed by atoms with Gasteiger partial charge in [-0.05, 0) is 94.0 Å². The summed E-state index contributed by atoms with van der Waals surface area (Å²) in [5, 5.41) is 14.0. The second-order valence-corrected chi connectivity index (χ2v) is 18.4. The minimum atomic E-state index is -0.357. The van der Waals surface area contributed by atoms with E-state index in [1.165, 1.54) is 11.1 Å². The Morgan fingerprint density at radius 2 is 1.28 bits per heavy atom. The molecule has 0 radical (unpaired) electrons. The molecule has 0 fully saturated rings. The van der Waals surface area contributed by atoms with Gasteiger partial charge in [-0.15, -0.1) is 0 Å². The number of fused-ring (bicyclic) bond motifs is 2. The molecule has 3 aliphatic rings. The lowest BCUT2D eigenvalue weighted by molar-refractivity contribution is -0.438. The molecule has 0 bridgehead atoms. The van der Waals surface area contributed by atoms with Crippen LogP contribution >= 0.6 is 31.9 Å². The number of allylic oxidation sites excluding steroid dienone is 5. The number of ketones is 1. The van der Waals surface area contributed by atoms with Crippen LogP contribution in [0.5, 0.6) is 11.5 Å². The number of unbranched alkanes of at least 4 members (excludes halogenated alkanes) is 6. The molecule has 58 heavy (non-hydrogen) atoms. The number of carbonyl (C=O) groups is 1. The van der Waals surface area contributed by atoms with Crippen LogP contribution in [0.15, 0.2) is 141 Å². The molecule has 1 aliphatic carbocycles. The predicted octanol–water partition coefficient (Wildman–Crippen LogP) is 11.7. The minimum Gasteiger partial charge on any atom is -0.871 e. The zero-order chi connectivity index (χ0) is 40.9. The van der Waals surface area contributed by atoms with Crippen LogP contribution in [0.3, 0.4) is 0 Å². The molecule has 302 valence electrons. The molecule has 2 heterocycles. The van der Waals surface area contributed by atoms with E-state index in [0.717, 1.165) is 108 Å². The molecule has 2 aliphatic heterocycles. The number of halogens is 2. The molecule has 0 amide bonds. The Kier molecular flexibility index (Phi) is 13.1. The van der Waals surface area contributed by atoms with Gasteiger partial charge in [0.25, 0.3) is 0 Å². The first-order valence-corrected chi connectivity index (χ1v) is 22.3. The maximum atomic E-state index is 14.0. The van der Waals surface area contributed by atoms with Crippen LogP contribution in [-0.2, 0) is 15.6 Å². The van der Waals surface area contributed by atoms with Crippen molar-refractivity contribution in [3.8, 4) is 11.5 Å². The van der Waals surface area contributed by atoms with Crippen molar-refractivity contribution in [1.82, 2.24) is 0 Å². The third kappa shape index (κ3) is 8.93. The smallest absolute Gasteiger partial charge is 0.209 e. The van der Waals surface area contributed by atoms with Gasteiger partial charge in [-0.25, -0.2) is 0 Å². The summed E-state index contributed by atoms with van der Waals surface area (Å²) in [6, 6.07) is 32.9. The fourth-order valence-corrected chi connectivity index (χ4v) is 9.86. The van der Waals surface area contributed by atoms with E-state index in [1.807, 2.05) is 60.7 Å². The molecule has 8 heteroatoms. The molecule has 0 spiro atoms. The molecule has 0 N–H and O–H groups in total. The van der Waals surface area contributed by atoms with E-state index >= 15 is 0 Å². The highest BCUT2D eigenvalue weighted by molar-refractivity contribution is 9.11. The number of anilines is 1. The topological polar surface area (TPSA) is 64.8 Å². The maximum Gasteiger partial charge on any atom is 0.209 e. The van der Waals surface area contributed by atoms with Crippen LogP contribution in [0.1, 0.15) is 90.2 Å². The summed E-state index contributed by atoms with van der Waals surface area (Å²) in [6.07, 6.45) is 12.0. The molecule has 7 rings (SSSR count). The van der Waals surface area contributed by atoms with Crippen molar-refractivity contribution in [2.45, 2.75) is 89.9 Å². The number of hydrogen-bond acceptors (Lipinski definition) is 5. The van der Waals surface area contributed by atoms with Gasteiger partial charge < -0.3 is 19.5 Å². The standard InChI is InChI=1S/C50H54Br2N2O4/c1-49(2)41-22-12-14-24-43(41)53(26-16-5-7-18-28-57-37-20-10-9-11-21-37)45(49)33-39-47(55)40(48(39)56)34-46-50(3,4)42-23-13-15-25-44(42)54(46)27-17-6-8-19-29-58-38-31-35(51)30-36(52)32-38/h9-15,20-25,30-34H,5-8,16-19,26-29H2,1-4H3. The molecular formula is C50H54Br2N2O4. The first-order valence-electron chi connectivity index (χ1n) is 20.8. The van der Waals surface area contributed by atoms with Crippen molar-refractivity contribution in [3.05, 3.63) is 152 Å². The third-order valence-corrected chi connectivity index (χ3v) is 12.7. The minimum absolute atomic E-state index is 0.167. The Bertz CT molecular complexity index is 2250. The van der Waals surface area contributed by atoms with E-state index in [2.05, 4.69) is 118 Å². The van der Waals surface area contributed by atoms with E-state index in [9.17, 15) is 9.90 Å². The van der Waals surface area contributed by atoms with Crippen molar-refractivity contribution in [3.63, 3.8) is 0 Å². The molecule has 0 saturated heterocycles. The van der Waals surface area contributed by atoms with Crippen molar-refractivity contribution in [1.29, 1.82) is 0 Å². The van der Waals surface area contributed by atoms with E-state index in [4.69, 9.17) is 9.47 Å². The molecule has 4 aromatic carbocycles. The van der Waals surface area contributed by atoms with Crippen molar-refractivity contribution in [2.75, 3.05) is 31.2 Å². The molecule has 0 aromatic heterocycles. The summed E-state index contributed by atoms with van der Waals surface area (Å²) in [4.78, 5) is 16.4. The average Bonchev–Trinajstić information content (AvgIpc) is 3.56. The summed E-state index contributed by atoms with van der Waals surface area (Å²) < 4.78 is 16.2.